The highest BCUT2D eigenvalue weighted by molar-refractivity contribution is 5.01. The topological polar surface area (TPSA) is 15.3 Å². The van der Waals surface area contributed by atoms with Gasteiger partial charge in [-0.05, 0) is 39.3 Å². The molecule has 2 saturated heterocycles. The number of likely N-dealkylation sites (N-methyl/N-ethyl adjacent to an activating group) is 1. The summed E-state index contributed by atoms with van der Waals surface area (Å²) in [7, 11) is 2.23. The van der Waals surface area contributed by atoms with Crippen molar-refractivity contribution in [2.75, 3.05) is 26.7 Å². The Labute approximate surface area is 69.0 Å². The van der Waals surface area contributed by atoms with E-state index in [0.29, 0.717) is 5.54 Å². The van der Waals surface area contributed by atoms with Crippen molar-refractivity contribution in [3.05, 3.63) is 0 Å². The molecule has 0 aromatic heterocycles. The number of fused-ring (bicyclic) bond motifs is 1. The number of nitrogens with zero attached hydrogens (tertiary/aromatic N) is 1. The van der Waals surface area contributed by atoms with E-state index in [1.165, 1.54) is 32.5 Å². The second kappa shape index (κ2) is 2.46. The molecule has 0 unspecified atom stereocenters. The summed E-state index contributed by atoms with van der Waals surface area (Å²) in [5.74, 6) is 0.904. The van der Waals surface area contributed by atoms with Gasteiger partial charge in [0, 0.05) is 18.6 Å². The minimum Gasteiger partial charge on any atom is -0.310 e. The van der Waals surface area contributed by atoms with Gasteiger partial charge in [0.2, 0.25) is 0 Å². The first-order valence-electron chi connectivity index (χ1n) is 4.64. The van der Waals surface area contributed by atoms with Crippen molar-refractivity contribution in [2.45, 2.75) is 25.3 Å². The molecule has 2 heterocycles. The number of nitrogens with one attached hydrogen (secondary N) is 1. The molecule has 2 aliphatic heterocycles. The third kappa shape index (κ3) is 1.18. The molecule has 0 aliphatic carbocycles. The van der Waals surface area contributed by atoms with Gasteiger partial charge >= 0.3 is 0 Å². The zero-order valence-corrected chi connectivity index (χ0v) is 7.56. The fourth-order valence-electron chi connectivity index (χ4n) is 2.66. The Bertz CT molecular complexity index is 158. The quantitative estimate of drug-likeness (QED) is 0.552. The molecule has 2 nitrogen and oxygen atoms in total. The molecule has 1 N–H and O–H groups in total. The normalized spacial score (nSPS) is 45.8. The van der Waals surface area contributed by atoms with Crippen LogP contribution in [0.3, 0.4) is 0 Å². The molecular weight excluding hydrogens is 136 g/mol. The molecule has 64 valence electrons. The average molecular weight is 154 g/mol. The highest BCUT2D eigenvalue weighted by Crippen LogP contribution is 2.32. The summed E-state index contributed by atoms with van der Waals surface area (Å²) >= 11 is 0. The second-order valence-corrected chi connectivity index (χ2v) is 4.38. The molecule has 2 atom stereocenters. The maximum Gasteiger partial charge on any atom is 0.0320 e. The highest BCUT2D eigenvalue weighted by Gasteiger charge is 2.42. The lowest BCUT2D eigenvalue weighted by Gasteiger charge is -2.36. The van der Waals surface area contributed by atoms with Crippen LogP contribution < -0.4 is 5.32 Å². The van der Waals surface area contributed by atoms with E-state index >= 15 is 0 Å². The van der Waals surface area contributed by atoms with E-state index in [9.17, 15) is 0 Å². The van der Waals surface area contributed by atoms with Crippen LogP contribution in [0.25, 0.3) is 0 Å². The molecule has 0 radical (unpaired) electrons. The van der Waals surface area contributed by atoms with Crippen molar-refractivity contribution < 1.29 is 0 Å². The first-order valence-corrected chi connectivity index (χ1v) is 4.64. The van der Waals surface area contributed by atoms with Crippen molar-refractivity contribution in [3.8, 4) is 0 Å². The zero-order chi connectivity index (χ0) is 7.90. The van der Waals surface area contributed by atoms with E-state index in [2.05, 4.69) is 24.2 Å². The average Bonchev–Trinajstić information content (AvgIpc) is 2.22. The minimum absolute atomic E-state index is 0.438. The first-order chi connectivity index (χ1) is 5.21. The lowest BCUT2D eigenvalue weighted by molar-refractivity contribution is 0.231. The lowest BCUT2D eigenvalue weighted by Crippen LogP contribution is -2.52. The van der Waals surface area contributed by atoms with Gasteiger partial charge in [-0.3, -0.25) is 0 Å². The van der Waals surface area contributed by atoms with Gasteiger partial charge in [-0.2, -0.15) is 0 Å². The largest absolute Gasteiger partial charge is 0.310 e. The number of rotatable bonds is 0. The Balaban J connectivity index is 2.11. The van der Waals surface area contributed by atoms with Gasteiger partial charge in [-0.25, -0.2) is 0 Å². The van der Waals surface area contributed by atoms with E-state index < -0.39 is 0 Å². The predicted molar refractivity (Wildman–Crippen MR) is 46.6 cm³/mol. The lowest BCUT2D eigenvalue weighted by atomic mass is 9.82. The van der Waals surface area contributed by atoms with Crippen molar-refractivity contribution >= 4 is 0 Å². The Hall–Kier alpha value is -0.0800. The molecule has 0 aromatic rings. The molecule has 0 amide bonds. The van der Waals surface area contributed by atoms with Crippen LogP contribution in [0.4, 0.5) is 0 Å². The molecule has 0 aromatic carbocycles. The molecule has 0 bridgehead atoms. The summed E-state index contributed by atoms with van der Waals surface area (Å²) in [6.45, 7) is 6.13. The van der Waals surface area contributed by atoms with Crippen molar-refractivity contribution in [2.24, 2.45) is 5.92 Å². The second-order valence-electron chi connectivity index (χ2n) is 4.38. The summed E-state index contributed by atoms with van der Waals surface area (Å²) in [5, 5.41) is 3.65. The SMILES string of the molecule is CN1C[C@@H]2CCCN[C@]2(C)C1. The van der Waals surface area contributed by atoms with Crippen LogP contribution in [0.2, 0.25) is 0 Å². The molecule has 2 aliphatic rings. The molecular formula is C9H18N2. The fraction of sp³-hybridized carbons (Fsp3) is 1.00. The van der Waals surface area contributed by atoms with E-state index in [4.69, 9.17) is 0 Å². The van der Waals surface area contributed by atoms with Crippen molar-refractivity contribution in [1.29, 1.82) is 0 Å². The molecule has 2 fully saturated rings. The van der Waals surface area contributed by atoms with Gasteiger partial charge in [-0.15, -0.1) is 0 Å². The predicted octanol–water partition coefficient (Wildman–Crippen LogP) is 0.690. The van der Waals surface area contributed by atoms with E-state index in [1.54, 1.807) is 0 Å². The number of hydrogen-bond donors (Lipinski definition) is 1. The first kappa shape index (κ1) is 7.56. The molecule has 11 heavy (non-hydrogen) atoms. The third-order valence-corrected chi connectivity index (χ3v) is 3.29. The molecule has 2 rings (SSSR count). The van der Waals surface area contributed by atoms with Gasteiger partial charge in [0.25, 0.3) is 0 Å². The maximum atomic E-state index is 3.65. The van der Waals surface area contributed by atoms with Gasteiger partial charge in [-0.1, -0.05) is 0 Å². The summed E-state index contributed by atoms with van der Waals surface area (Å²) in [6.07, 6.45) is 2.79. The van der Waals surface area contributed by atoms with Crippen LogP contribution in [0.15, 0.2) is 0 Å². The Morgan fingerprint density at radius 3 is 3.09 bits per heavy atom. The van der Waals surface area contributed by atoms with Gasteiger partial charge in [0.1, 0.15) is 0 Å². The summed E-state index contributed by atoms with van der Waals surface area (Å²) in [6, 6.07) is 0. The number of piperidine rings is 1. The van der Waals surface area contributed by atoms with Crippen LogP contribution in [0, 0.1) is 5.92 Å². The fourth-order valence-corrected chi connectivity index (χ4v) is 2.66. The van der Waals surface area contributed by atoms with Gasteiger partial charge < -0.3 is 10.2 Å². The molecule has 0 saturated carbocycles. The maximum absolute atomic E-state index is 3.65. The van der Waals surface area contributed by atoms with E-state index in [1.807, 2.05) is 0 Å². The van der Waals surface area contributed by atoms with Crippen LogP contribution in [0.1, 0.15) is 19.8 Å². The zero-order valence-electron chi connectivity index (χ0n) is 7.56. The number of hydrogen-bond acceptors (Lipinski definition) is 2. The summed E-state index contributed by atoms with van der Waals surface area (Å²) in [4.78, 5) is 2.45. The Morgan fingerprint density at radius 2 is 2.36 bits per heavy atom. The van der Waals surface area contributed by atoms with Crippen LogP contribution >= 0.6 is 0 Å². The smallest absolute Gasteiger partial charge is 0.0320 e. The Kier molecular flexibility index (Phi) is 1.69. The molecule has 0 spiro atoms. The number of likely N-dealkylation sites (tertiary alicyclic amines) is 1. The van der Waals surface area contributed by atoms with Crippen molar-refractivity contribution in [1.82, 2.24) is 10.2 Å². The van der Waals surface area contributed by atoms with Crippen LogP contribution in [-0.2, 0) is 0 Å². The van der Waals surface area contributed by atoms with E-state index in [0.717, 1.165) is 5.92 Å². The van der Waals surface area contributed by atoms with Gasteiger partial charge in [0.15, 0.2) is 0 Å². The third-order valence-electron chi connectivity index (χ3n) is 3.29. The summed E-state index contributed by atoms with van der Waals surface area (Å²) in [5.41, 5.74) is 0.438. The van der Waals surface area contributed by atoms with Crippen LogP contribution in [-0.4, -0.2) is 37.1 Å². The monoisotopic (exact) mass is 154 g/mol. The van der Waals surface area contributed by atoms with E-state index in [-0.39, 0.29) is 0 Å². The standard InChI is InChI=1S/C9H18N2/c1-9-7-11(2)6-8(9)4-3-5-10-9/h8,10H,3-7H2,1-2H3/t8-,9+/m0/s1. The summed E-state index contributed by atoms with van der Waals surface area (Å²) < 4.78 is 0. The Morgan fingerprint density at radius 1 is 1.55 bits per heavy atom. The molecule has 2 heteroatoms. The highest BCUT2D eigenvalue weighted by atomic mass is 15.2. The van der Waals surface area contributed by atoms with Gasteiger partial charge in [0.05, 0.1) is 0 Å². The van der Waals surface area contributed by atoms with Crippen LogP contribution in [0.5, 0.6) is 0 Å². The minimum atomic E-state index is 0.438. The van der Waals surface area contributed by atoms with Crippen molar-refractivity contribution in [3.63, 3.8) is 0 Å².